The number of alkyl halides is 3. The summed E-state index contributed by atoms with van der Waals surface area (Å²) in [5.74, 6) is -2.66. The van der Waals surface area contributed by atoms with Crippen molar-refractivity contribution in [2.75, 3.05) is 6.61 Å². The number of aromatic nitrogens is 4. The average molecular weight is 548 g/mol. The lowest BCUT2D eigenvalue weighted by atomic mass is 10.1. The first-order valence-electron chi connectivity index (χ1n) is 12.1. The van der Waals surface area contributed by atoms with Crippen molar-refractivity contribution in [3.63, 3.8) is 0 Å². The van der Waals surface area contributed by atoms with E-state index in [-0.39, 0.29) is 18.0 Å². The lowest BCUT2D eigenvalue weighted by Crippen LogP contribution is -2.42. The van der Waals surface area contributed by atoms with Crippen LogP contribution in [-0.4, -0.2) is 30.8 Å². The molecule has 0 aliphatic heterocycles. The predicted octanol–water partition coefficient (Wildman–Crippen LogP) is 3.54. The Balaban J connectivity index is 2.01. The molecule has 4 aromatic rings. The van der Waals surface area contributed by atoms with Crippen molar-refractivity contribution in [3.05, 3.63) is 96.4 Å². The van der Waals surface area contributed by atoms with E-state index in [0.717, 1.165) is 22.9 Å². The minimum Gasteiger partial charge on any atom is -0.462 e. The number of carbonyl (C=O) groups excluding carboxylic acids is 1. The van der Waals surface area contributed by atoms with Gasteiger partial charge in [0, 0.05) is 19.3 Å². The number of imidazole rings is 1. The monoisotopic (exact) mass is 548 g/mol. The van der Waals surface area contributed by atoms with Gasteiger partial charge in [0.25, 0.3) is 5.56 Å². The van der Waals surface area contributed by atoms with Crippen LogP contribution in [0.2, 0.25) is 0 Å². The zero-order valence-corrected chi connectivity index (χ0v) is 21.2. The van der Waals surface area contributed by atoms with Crippen molar-refractivity contribution in [2.45, 2.75) is 46.6 Å². The first kappa shape index (κ1) is 27.6. The third-order valence-electron chi connectivity index (χ3n) is 6.29. The number of halogens is 4. The molecule has 0 aliphatic rings. The van der Waals surface area contributed by atoms with Crippen molar-refractivity contribution in [1.82, 2.24) is 18.3 Å². The number of fused-ring (bicyclic) bond motifs is 1. The van der Waals surface area contributed by atoms with E-state index in [0.29, 0.717) is 34.8 Å². The number of hydrogen-bond donors (Lipinski definition) is 0. The van der Waals surface area contributed by atoms with Gasteiger partial charge in [0.1, 0.15) is 11.4 Å². The van der Waals surface area contributed by atoms with Crippen molar-refractivity contribution < 1.29 is 27.1 Å². The van der Waals surface area contributed by atoms with E-state index in [1.54, 1.807) is 19.9 Å². The molecule has 0 unspecified atom stereocenters. The highest BCUT2D eigenvalue weighted by molar-refractivity contribution is 5.88. The molecular weight excluding hydrogens is 524 g/mol. The van der Waals surface area contributed by atoms with Gasteiger partial charge in [-0.1, -0.05) is 12.1 Å². The van der Waals surface area contributed by atoms with Crippen molar-refractivity contribution in [2.24, 2.45) is 0 Å². The van der Waals surface area contributed by atoms with Crippen molar-refractivity contribution >= 4 is 17.0 Å². The first-order chi connectivity index (χ1) is 18.4. The third-order valence-corrected chi connectivity index (χ3v) is 6.29. The molecule has 4 rings (SSSR count). The van der Waals surface area contributed by atoms with E-state index in [1.165, 1.54) is 28.2 Å². The zero-order chi connectivity index (χ0) is 28.6. The fourth-order valence-electron chi connectivity index (χ4n) is 4.53. The standard InChI is InChI=1S/C26H24F4N4O5/c1-4-31-19-11-10-16(12-20(19)32(5-2)24(31)37)33-14-17(23(36)39-6-3)22(35)34(25(33)38)13-15-8-7-9-18(27)21(15)26(28,29)30/h7-12,14H,4-6,13H2,1-3H3. The summed E-state index contributed by atoms with van der Waals surface area (Å²) in [6.07, 6.45) is -4.16. The predicted molar refractivity (Wildman–Crippen MR) is 134 cm³/mol. The summed E-state index contributed by atoms with van der Waals surface area (Å²) in [6, 6.07) is 7.15. The number of carbonyl (C=O) groups is 1. The first-order valence-corrected chi connectivity index (χ1v) is 12.1. The zero-order valence-electron chi connectivity index (χ0n) is 21.2. The Bertz CT molecular complexity index is 1760. The van der Waals surface area contributed by atoms with E-state index < -0.39 is 52.4 Å². The molecule has 0 spiro atoms. The summed E-state index contributed by atoms with van der Waals surface area (Å²) in [5.41, 5.74) is -4.28. The average Bonchev–Trinajstić information content (AvgIpc) is 3.15. The van der Waals surface area contributed by atoms with Gasteiger partial charge < -0.3 is 4.74 Å². The van der Waals surface area contributed by atoms with Crippen LogP contribution in [0.3, 0.4) is 0 Å². The molecule has 0 aliphatic carbocycles. The van der Waals surface area contributed by atoms with Crippen LogP contribution in [0.1, 0.15) is 42.3 Å². The van der Waals surface area contributed by atoms with Gasteiger partial charge in [-0.15, -0.1) is 0 Å². The van der Waals surface area contributed by atoms with E-state index >= 15 is 0 Å². The summed E-state index contributed by atoms with van der Waals surface area (Å²) in [6.45, 7) is 4.66. The molecular formula is C26H24F4N4O5. The third kappa shape index (κ3) is 4.79. The van der Waals surface area contributed by atoms with Crippen LogP contribution in [0.5, 0.6) is 0 Å². The summed E-state index contributed by atoms with van der Waals surface area (Å²) in [5, 5.41) is 0. The molecule has 2 heterocycles. The fourth-order valence-corrected chi connectivity index (χ4v) is 4.53. The van der Waals surface area contributed by atoms with Crippen LogP contribution >= 0.6 is 0 Å². The van der Waals surface area contributed by atoms with E-state index in [1.807, 2.05) is 0 Å². The van der Waals surface area contributed by atoms with Crippen molar-refractivity contribution in [1.29, 1.82) is 0 Å². The number of rotatable bonds is 7. The molecule has 0 saturated carbocycles. The normalized spacial score (nSPS) is 11.8. The number of ether oxygens (including phenoxy) is 1. The van der Waals surface area contributed by atoms with Gasteiger partial charge in [-0.05, 0) is 50.6 Å². The SMILES string of the molecule is CCOC(=O)c1cn(-c2ccc3c(c2)n(CC)c(=O)n3CC)c(=O)n(Cc2cccc(F)c2C(F)(F)F)c1=O. The molecule has 2 aromatic carbocycles. The van der Waals surface area contributed by atoms with Gasteiger partial charge >= 0.3 is 23.5 Å². The molecule has 0 saturated heterocycles. The highest BCUT2D eigenvalue weighted by Gasteiger charge is 2.37. The molecule has 39 heavy (non-hydrogen) atoms. The van der Waals surface area contributed by atoms with E-state index in [2.05, 4.69) is 0 Å². The summed E-state index contributed by atoms with van der Waals surface area (Å²) in [7, 11) is 0. The van der Waals surface area contributed by atoms with Crippen molar-refractivity contribution in [3.8, 4) is 5.69 Å². The molecule has 13 heteroatoms. The number of benzene rings is 2. The molecule has 0 radical (unpaired) electrons. The minimum absolute atomic E-state index is 0.112. The second-order valence-electron chi connectivity index (χ2n) is 8.52. The highest BCUT2D eigenvalue weighted by Crippen LogP contribution is 2.34. The number of aryl methyl sites for hydroxylation is 2. The maximum absolute atomic E-state index is 14.2. The van der Waals surface area contributed by atoms with Crippen LogP contribution in [-0.2, 0) is 30.5 Å². The van der Waals surface area contributed by atoms with E-state index in [9.17, 15) is 36.7 Å². The fraction of sp³-hybridized carbons (Fsp3) is 0.308. The molecule has 0 atom stereocenters. The van der Waals surface area contributed by atoms with Gasteiger partial charge in [-0.25, -0.2) is 18.8 Å². The molecule has 0 bridgehead atoms. The molecule has 2 aromatic heterocycles. The largest absolute Gasteiger partial charge is 0.462 e. The molecule has 0 fully saturated rings. The Kier molecular flexibility index (Phi) is 7.35. The second kappa shape index (κ2) is 10.4. The van der Waals surface area contributed by atoms with Gasteiger partial charge in [-0.3, -0.25) is 23.1 Å². The maximum atomic E-state index is 14.2. The summed E-state index contributed by atoms with van der Waals surface area (Å²) >= 11 is 0. The Morgan fingerprint density at radius 2 is 1.56 bits per heavy atom. The minimum atomic E-state index is -5.11. The number of hydrogen-bond acceptors (Lipinski definition) is 5. The van der Waals surface area contributed by atoms with E-state index in [4.69, 9.17) is 4.74 Å². The Morgan fingerprint density at radius 3 is 2.18 bits per heavy atom. The summed E-state index contributed by atoms with van der Waals surface area (Å²) in [4.78, 5) is 52.0. The van der Waals surface area contributed by atoms with Gasteiger partial charge in [0.05, 0.1) is 35.4 Å². The molecule has 9 nitrogen and oxygen atoms in total. The molecule has 206 valence electrons. The quantitative estimate of drug-likeness (QED) is 0.260. The van der Waals surface area contributed by atoms with Crippen LogP contribution < -0.4 is 16.9 Å². The van der Waals surface area contributed by atoms with Gasteiger partial charge in [0.2, 0.25) is 0 Å². The van der Waals surface area contributed by atoms with Crippen LogP contribution in [0.25, 0.3) is 16.7 Å². The Hall–Kier alpha value is -4.42. The van der Waals surface area contributed by atoms with Crippen LogP contribution in [0.4, 0.5) is 17.6 Å². The molecule has 0 N–H and O–H groups in total. The molecule has 0 amide bonds. The highest BCUT2D eigenvalue weighted by atomic mass is 19.4. The van der Waals surface area contributed by atoms with Crippen LogP contribution in [0.15, 0.2) is 57.0 Å². The number of esters is 1. The Morgan fingerprint density at radius 1 is 0.897 bits per heavy atom. The second-order valence-corrected chi connectivity index (χ2v) is 8.52. The topological polar surface area (TPSA) is 97.2 Å². The van der Waals surface area contributed by atoms with Gasteiger partial charge in [0.15, 0.2) is 0 Å². The lowest BCUT2D eigenvalue weighted by molar-refractivity contribution is -0.140. The smallest absolute Gasteiger partial charge is 0.419 e. The maximum Gasteiger partial charge on any atom is 0.419 e. The Labute approximate surface area is 218 Å². The number of nitrogens with zero attached hydrogens (tertiary/aromatic N) is 4. The van der Waals surface area contributed by atoms with Gasteiger partial charge in [-0.2, -0.15) is 13.2 Å². The van der Waals surface area contributed by atoms with Crippen LogP contribution in [0, 0.1) is 5.82 Å². The lowest BCUT2D eigenvalue weighted by Gasteiger charge is -2.16. The summed E-state index contributed by atoms with van der Waals surface area (Å²) < 4.78 is 64.3.